The summed E-state index contributed by atoms with van der Waals surface area (Å²) in [6, 6.07) is 9.91. The van der Waals surface area contributed by atoms with Gasteiger partial charge in [-0.3, -0.25) is 19.2 Å². The highest BCUT2D eigenvalue weighted by atomic mass is 32.2. The van der Waals surface area contributed by atoms with E-state index in [1.807, 2.05) is 13.0 Å². The molecule has 1 amide bonds. The Hall–Kier alpha value is -3.14. The fourth-order valence-corrected chi connectivity index (χ4v) is 5.05. The van der Waals surface area contributed by atoms with Gasteiger partial charge in [0.25, 0.3) is 5.69 Å². The summed E-state index contributed by atoms with van der Waals surface area (Å²) in [4.78, 5) is 23.1. The predicted octanol–water partition coefficient (Wildman–Crippen LogP) is 3.52. The number of fused-ring (bicyclic) bond motifs is 1. The molecule has 0 heterocycles. The number of sulfonamides is 1. The number of nitrogens with zero attached hydrogens (tertiary/aromatic N) is 2. The van der Waals surface area contributed by atoms with Gasteiger partial charge in [-0.2, -0.15) is 0 Å². The average Bonchev–Trinajstić information content (AvgIpc) is 3.23. The van der Waals surface area contributed by atoms with Crippen molar-refractivity contribution in [1.29, 1.82) is 0 Å². The molecule has 0 radical (unpaired) electrons. The van der Waals surface area contributed by atoms with Crippen LogP contribution in [0.1, 0.15) is 48.9 Å². The topological polar surface area (TPSA) is 119 Å². The maximum atomic E-state index is 12.5. The molecule has 0 aliphatic heterocycles. The highest BCUT2D eigenvalue weighted by Crippen LogP contribution is 2.34. The van der Waals surface area contributed by atoms with Crippen molar-refractivity contribution in [3.05, 3.63) is 63.2 Å². The number of carbonyl (C=O) groups is 1. The number of methoxy groups -OCH3 is 1. The highest BCUT2D eigenvalue weighted by molar-refractivity contribution is 7.92. The Morgan fingerprint density at radius 1 is 1.21 bits per heavy atom. The van der Waals surface area contributed by atoms with Crippen molar-refractivity contribution < 1.29 is 22.9 Å². The summed E-state index contributed by atoms with van der Waals surface area (Å²) in [5.74, 6) is 0.00293. The zero-order valence-electron chi connectivity index (χ0n) is 19.0. The van der Waals surface area contributed by atoms with Gasteiger partial charge in [0.05, 0.1) is 24.3 Å². The molecular formula is C23H29N3O6S. The van der Waals surface area contributed by atoms with E-state index in [2.05, 4.69) is 17.4 Å². The van der Waals surface area contributed by atoms with Gasteiger partial charge in [0, 0.05) is 25.1 Å². The third kappa shape index (κ3) is 6.01. The van der Waals surface area contributed by atoms with Crippen LogP contribution in [0.15, 0.2) is 36.4 Å². The first-order chi connectivity index (χ1) is 15.6. The first kappa shape index (κ1) is 24.5. The molecule has 2 aromatic rings. The number of hydrogen-bond donors (Lipinski definition) is 1. The van der Waals surface area contributed by atoms with E-state index in [4.69, 9.17) is 4.74 Å². The van der Waals surface area contributed by atoms with Crippen molar-refractivity contribution in [1.82, 2.24) is 5.32 Å². The van der Waals surface area contributed by atoms with Gasteiger partial charge in [0.1, 0.15) is 11.4 Å². The van der Waals surface area contributed by atoms with E-state index in [9.17, 15) is 23.3 Å². The largest absolute Gasteiger partial charge is 0.495 e. The molecule has 0 fully saturated rings. The predicted molar refractivity (Wildman–Crippen MR) is 126 cm³/mol. The Labute approximate surface area is 193 Å². The fraction of sp³-hybridized carbons (Fsp3) is 0.435. The minimum absolute atomic E-state index is 0.0169. The van der Waals surface area contributed by atoms with Crippen molar-refractivity contribution in [2.24, 2.45) is 0 Å². The standard InChI is InChI=1S/C23H29N3O6S/c1-16(18-10-9-17-6-4-7-19(17)14-18)24-23(27)8-5-13-25(33(3,30)31)21-15-20(26(28)29)11-12-22(21)32-2/h9-12,14-16H,4-8,13H2,1-3H3,(H,24,27). The summed E-state index contributed by atoms with van der Waals surface area (Å²) in [5.41, 5.74) is 3.57. The van der Waals surface area contributed by atoms with Gasteiger partial charge in [0.15, 0.2) is 0 Å². The van der Waals surface area contributed by atoms with E-state index in [1.54, 1.807) is 0 Å². The van der Waals surface area contributed by atoms with Gasteiger partial charge >= 0.3 is 0 Å². The number of nitrogens with one attached hydrogen (secondary N) is 1. The van der Waals surface area contributed by atoms with Crippen LogP contribution in [0.3, 0.4) is 0 Å². The number of hydrogen-bond acceptors (Lipinski definition) is 6. The fourth-order valence-electron chi connectivity index (χ4n) is 4.09. The van der Waals surface area contributed by atoms with Crippen LogP contribution in [0, 0.1) is 10.1 Å². The number of amides is 1. The number of non-ortho nitro benzene ring substituents is 1. The second kappa shape index (κ2) is 10.2. The first-order valence-corrected chi connectivity index (χ1v) is 12.7. The molecule has 178 valence electrons. The molecule has 1 unspecified atom stereocenters. The molecular weight excluding hydrogens is 446 g/mol. The zero-order valence-corrected chi connectivity index (χ0v) is 19.9. The third-order valence-electron chi connectivity index (χ3n) is 5.81. The lowest BCUT2D eigenvalue weighted by Crippen LogP contribution is -2.33. The van der Waals surface area contributed by atoms with Crippen molar-refractivity contribution in [3.63, 3.8) is 0 Å². The smallest absolute Gasteiger partial charge is 0.271 e. The van der Waals surface area contributed by atoms with Gasteiger partial charge in [-0.1, -0.05) is 18.2 Å². The lowest BCUT2D eigenvalue weighted by molar-refractivity contribution is -0.384. The van der Waals surface area contributed by atoms with Crippen LogP contribution in [0.4, 0.5) is 11.4 Å². The number of aryl methyl sites for hydroxylation is 2. The summed E-state index contributed by atoms with van der Waals surface area (Å²) in [5, 5.41) is 14.1. The van der Waals surface area contributed by atoms with E-state index >= 15 is 0 Å². The SMILES string of the molecule is COc1ccc([N+](=O)[O-])cc1N(CCCC(=O)NC(C)c1ccc2c(c1)CCC2)S(C)(=O)=O. The summed E-state index contributed by atoms with van der Waals surface area (Å²) >= 11 is 0. The van der Waals surface area contributed by atoms with Crippen molar-refractivity contribution in [2.75, 3.05) is 24.2 Å². The number of carbonyl (C=O) groups excluding carboxylic acids is 1. The molecule has 1 aliphatic carbocycles. The van der Waals surface area contributed by atoms with Gasteiger partial charge < -0.3 is 10.1 Å². The molecule has 2 aromatic carbocycles. The van der Waals surface area contributed by atoms with Crippen LogP contribution >= 0.6 is 0 Å². The first-order valence-electron chi connectivity index (χ1n) is 10.8. The van der Waals surface area contributed by atoms with Crippen LogP contribution in [0.25, 0.3) is 0 Å². The van der Waals surface area contributed by atoms with E-state index in [0.717, 1.165) is 41.5 Å². The second-order valence-electron chi connectivity index (χ2n) is 8.22. The van der Waals surface area contributed by atoms with E-state index in [-0.39, 0.29) is 48.5 Å². The number of benzene rings is 2. The molecule has 1 N–H and O–H groups in total. The second-order valence-corrected chi connectivity index (χ2v) is 10.1. The van der Waals surface area contributed by atoms with Gasteiger partial charge in [-0.15, -0.1) is 0 Å². The van der Waals surface area contributed by atoms with Crippen molar-refractivity contribution in [2.45, 2.75) is 45.1 Å². The van der Waals surface area contributed by atoms with Crippen molar-refractivity contribution >= 4 is 27.3 Å². The van der Waals surface area contributed by atoms with E-state index in [0.29, 0.717) is 0 Å². The lowest BCUT2D eigenvalue weighted by Gasteiger charge is -2.24. The Morgan fingerprint density at radius 3 is 2.61 bits per heavy atom. The Morgan fingerprint density at radius 2 is 1.94 bits per heavy atom. The van der Waals surface area contributed by atoms with E-state index < -0.39 is 14.9 Å². The minimum Gasteiger partial charge on any atom is -0.495 e. The third-order valence-corrected chi connectivity index (χ3v) is 6.99. The maximum absolute atomic E-state index is 12.5. The van der Waals surface area contributed by atoms with Crippen LogP contribution in [0.2, 0.25) is 0 Å². The molecule has 0 bridgehead atoms. The molecule has 0 saturated heterocycles. The number of ether oxygens (including phenoxy) is 1. The Balaban J connectivity index is 1.65. The molecule has 1 atom stereocenters. The monoisotopic (exact) mass is 475 g/mol. The zero-order chi connectivity index (χ0) is 24.2. The van der Waals surface area contributed by atoms with Crippen LogP contribution < -0.4 is 14.4 Å². The van der Waals surface area contributed by atoms with Crippen LogP contribution in [0.5, 0.6) is 5.75 Å². The Kier molecular flexibility index (Phi) is 7.57. The summed E-state index contributed by atoms with van der Waals surface area (Å²) in [6.07, 6.45) is 4.68. The summed E-state index contributed by atoms with van der Waals surface area (Å²) in [6.45, 7) is 1.91. The molecule has 9 nitrogen and oxygen atoms in total. The molecule has 0 spiro atoms. The van der Waals surface area contributed by atoms with Gasteiger partial charge in [0.2, 0.25) is 15.9 Å². The highest BCUT2D eigenvalue weighted by Gasteiger charge is 2.24. The number of nitro benzene ring substituents is 1. The van der Waals surface area contributed by atoms with E-state index in [1.165, 1.54) is 30.4 Å². The maximum Gasteiger partial charge on any atom is 0.271 e. The number of rotatable bonds is 10. The molecule has 33 heavy (non-hydrogen) atoms. The minimum atomic E-state index is -3.76. The molecule has 0 saturated carbocycles. The molecule has 0 aromatic heterocycles. The van der Waals surface area contributed by atoms with Crippen LogP contribution in [-0.4, -0.2) is 39.2 Å². The van der Waals surface area contributed by atoms with Gasteiger partial charge in [-0.05, 0) is 55.4 Å². The average molecular weight is 476 g/mol. The normalized spacial score (nSPS) is 13.8. The molecule has 3 rings (SSSR count). The molecule has 1 aliphatic rings. The van der Waals surface area contributed by atoms with Crippen LogP contribution in [-0.2, 0) is 27.7 Å². The van der Waals surface area contributed by atoms with Gasteiger partial charge in [-0.25, -0.2) is 8.42 Å². The lowest BCUT2D eigenvalue weighted by atomic mass is 10.0. The quantitative estimate of drug-likeness (QED) is 0.415. The summed E-state index contributed by atoms with van der Waals surface area (Å²) < 4.78 is 31.1. The van der Waals surface area contributed by atoms with Crippen molar-refractivity contribution in [3.8, 4) is 5.75 Å². The summed E-state index contributed by atoms with van der Waals surface area (Å²) in [7, 11) is -2.40. The number of nitro groups is 1. The Bertz CT molecular complexity index is 1150. The molecule has 10 heteroatoms. The number of anilines is 1.